The first kappa shape index (κ1) is 17.6. The molecule has 6 heteroatoms. The third-order valence-corrected chi connectivity index (χ3v) is 4.44. The van der Waals surface area contributed by atoms with E-state index in [2.05, 4.69) is 9.97 Å². The molecule has 25 heavy (non-hydrogen) atoms. The van der Waals surface area contributed by atoms with Gasteiger partial charge in [0.1, 0.15) is 16.7 Å². The molecule has 0 atom stereocenters. The first-order chi connectivity index (χ1) is 12.2. The van der Waals surface area contributed by atoms with Gasteiger partial charge in [0.2, 0.25) is 5.88 Å². The molecule has 0 spiro atoms. The topological polar surface area (TPSA) is 44.2 Å². The molecule has 0 aliphatic carbocycles. The molecule has 0 saturated carbocycles. The monoisotopic (exact) mass is 372 g/mol. The van der Waals surface area contributed by atoms with Gasteiger partial charge in [-0.15, -0.1) is 0 Å². The van der Waals surface area contributed by atoms with Gasteiger partial charge in [0.25, 0.3) is 0 Å². The minimum Gasteiger partial charge on any atom is -0.497 e. The van der Waals surface area contributed by atoms with E-state index in [9.17, 15) is 0 Å². The second kappa shape index (κ2) is 8.23. The normalized spacial score (nSPS) is 10.5. The van der Waals surface area contributed by atoms with Crippen LogP contribution in [0.4, 0.5) is 0 Å². The Morgan fingerprint density at radius 2 is 1.68 bits per heavy atom. The molecule has 3 rings (SSSR count). The summed E-state index contributed by atoms with van der Waals surface area (Å²) >= 11 is 7.84. The van der Waals surface area contributed by atoms with Crippen LogP contribution in [-0.4, -0.2) is 23.3 Å². The van der Waals surface area contributed by atoms with Gasteiger partial charge >= 0.3 is 0 Å². The number of para-hydroxylation sites is 1. The molecule has 3 aromatic rings. The highest BCUT2D eigenvalue weighted by molar-refractivity contribution is 7.98. The fraction of sp³-hybridized carbons (Fsp3) is 0.158. The van der Waals surface area contributed by atoms with Crippen LogP contribution in [0.1, 0.15) is 11.1 Å². The number of halogens is 1. The number of nitrogens with zero attached hydrogens (tertiary/aromatic N) is 2. The minimum absolute atomic E-state index is 0.404. The molecule has 1 heterocycles. The number of rotatable bonds is 6. The molecule has 0 aliphatic rings. The van der Waals surface area contributed by atoms with E-state index >= 15 is 0 Å². The Hall–Kier alpha value is -2.24. The fourth-order valence-electron chi connectivity index (χ4n) is 2.29. The number of hydrogen-bond donors (Lipinski definition) is 0. The summed E-state index contributed by atoms with van der Waals surface area (Å²) in [5, 5.41) is 0.982. The van der Waals surface area contributed by atoms with Gasteiger partial charge < -0.3 is 9.47 Å². The highest BCUT2D eigenvalue weighted by Gasteiger charge is 2.16. The van der Waals surface area contributed by atoms with Crippen LogP contribution in [0.5, 0.6) is 17.4 Å². The molecule has 0 aliphatic heterocycles. The molecule has 1 aromatic heterocycles. The molecule has 0 unspecified atom stereocenters. The maximum atomic E-state index is 6.42. The maximum Gasteiger partial charge on any atom is 0.228 e. The predicted octanol–water partition coefficient (Wildman–Crippen LogP) is 5.24. The van der Waals surface area contributed by atoms with Crippen molar-refractivity contribution in [3.63, 3.8) is 0 Å². The molecule has 0 saturated heterocycles. The smallest absolute Gasteiger partial charge is 0.228 e. The lowest BCUT2D eigenvalue weighted by Crippen LogP contribution is -2.01. The van der Waals surface area contributed by atoms with Gasteiger partial charge in [-0.2, -0.15) is 4.98 Å². The Morgan fingerprint density at radius 1 is 0.960 bits per heavy atom. The molecule has 0 fully saturated rings. The van der Waals surface area contributed by atoms with Crippen LogP contribution < -0.4 is 9.47 Å². The summed E-state index contributed by atoms with van der Waals surface area (Å²) in [5.41, 5.74) is 1.83. The molecule has 0 amide bonds. The van der Waals surface area contributed by atoms with E-state index in [1.54, 1.807) is 7.11 Å². The predicted molar refractivity (Wildman–Crippen MR) is 101 cm³/mol. The van der Waals surface area contributed by atoms with Crippen molar-refractivity contribution in [2.24, 2.45) is 0 Å². The summed E-state index contributed by atoms with van der Waals surface area (Å²) in [7, 11) is 1.65. The van der Waals surface area contributed by atoms with Crippen molar-refractivity contribution >= 4 is 23.4 Å². The van der Waals surface area contributed by atoms with Gasteiger partial charge in [0, 0.05) is 6.42 Å². The number of benzene rings is 2. The average molecular weight is 373 g/mol. The molecular weight excluding hydrogens is 356 g/mol. The van der Waals surface area contributed by atoms with Crippen LogP contribution >= 0.6 is 23.4 Å². The second-order valence-electron chi connectivity index (χ2n) is 5.22. The zero-order chi connectivity index (χ0) is 17.6. The molecule has 4 nitrogen and oxygen atoms in total. The van der Waals surface area contributed by atoms with Gasteiger partial charge in [0.15, 0.2) is 5.16 Å². The fourth-order valence-corrected chi connectivity index (χ4v) is 2.93. The summed E-state index contributed by atoms with van der Waals surface area (Å²) in [6, 6.07) is 17.3. The first-order valence-electron chi connectivity index (χ1n) is 7.66. The summed E-state index contributed by atoms with van der Waals surface area (Å²) in [4.78, 5) is 8.83. The van der Waals surface area contributed by atoms with Gasteiger partial charge in [0.05, 0.1) is 12.7 Å². The van der Waals surface area contributed by atoms with Crippen LogP contribution in [0.25, 0.3) is 0 Å². The molecule has 0 N–H and O–H groups in total. The van der Waals surface area contributed by atoms with Crippen LogP contribution in [0.2, 0.25) is 5.15 Å². The van der Waals surface area contributed by atoms with Crippen molar-refractivity contribution in [2.45, 2.75) is 11.6 Å². The van der Waals surface area contributed by atoms with Crippen molar-refractivity contribution in [3.8, 4) is 17.4 Å². The van der Waals surface area contributed by atoms with E-state index in [1.165, 1.54) is 11.8 Å². The molecular formula is C19H17ClN2O2S. The zero-order valence-electron chi connectivity index (χ0n) is 13.9. The van der Waals surface area contributed by atoms with E-state index in [-0.39, 0.29) is 0 Å². The Balaban J connectivity index is 1.95. The van der Waals surface area contributed by atoms with Crippen molar-refractivity contribution in [1.82, 2.24) is 9.97 Å². The van der Waals surface area contributed by atoms with E-state index in [0.29, 0.717) is 28.4 Å². The Morgan fingerprint density at radius 3 is 2.32 bits per heavy atom. The average Bonchev–Trinajstić information content (AvgIpc) is 2.65. The van der Waals surface area contributed by atoms with E-state index < -0.39 is 0 Å². The zero-order valence-corrected chi connectivity index (χ0v) is 15.5. The van der Waals surface area contributed by atoms with Crippen LogP contribution in [0.3, 0.4) is 0 Å². The van der Waals surface area contributed by atoms with Crippen LogP contribution in [-0.2, 0) is 6.42 Å². The third-order valence-electron chi connectivity index (χ3n) is 3.58. The highest BCUT2D eigenvalue weighted by Crippen LogP contribution is 2.31. The molecule has 128 valence electrons. The van der Waals surface area contributed by atoms with Gasteiger partial charge in [-0.1, -0.05) is 53.7 Å². The summed E-state index contributed by atoms with van der Waals surface area (Å²) in [6.07, 6.45) is 2.47. The lowest BCUT2D eigenvalue weighted by atomic mass is 10.1. The Labute approximate surface area is 156 Å². The van der Waals surface area contributed by atoms with Gasteiger partial charge in [-0.25, -0.2) is 4.98 Å². The second-order valence-corrected chi connectivity index (χ2v) is 6.36. The van der Waals surface area contributed by atoms with Crippen LogP contribution in [0.15, 0.2) is 59.8 Å². The number of hydrogen-bond acceptors (Lipinski definition) is 5. The summed E-state index contributed by atoms with van der Waals surface area (Å²) in [5.74, 6) is 2.00. The van der Waals surface area contributed by atoms with Gasteiger partial charge in [-0.05, 0) is 36.1 Å². The largest absolute Gasteiger partial charge is 0.497 e. The quantitative estimate of drug-likeness (QED) is 0.336. The van der Waals surface area contributed by atoms with Crippen molar-refractivity contribution < 1.29 is 9.47 Å². The van der Waals surface area contributed by atoms with Crippen molar-refractivity contribution in [3.05, 3.63) is 70.9 Å². The van der Waals surface area contributed by atoms with E-state index in [4.69, 9.17) is 21.1 Å². The van der Waals surface area contributed by atoms with Crippen molar-refractivity contribution in [2.75, 3.05) is 13.4 Å². The minimum atomic E-state index is 0.404. The Kier molecular flexibility index (Phi) is 5.79. The molecule has 2 aromatic carbocycles. The number of thioether (sulfide) groups is 1. The number of aromatic nitrogens is 2. The number of methoxy groups -OCH3 is 1. The highest BCUT2D eigenvalue weighted by atomic mass is 35.5. The first-order valence-corrected chi connectivity index (χ1v) is 9.26. The summed E-state index contributed by atoms with van der Waals surface area (Å²) in [6.45, 7) is 0. The summed E-state index contributed by atoms with van der Waals surface area (Å²) < 4.78 is 11.2. The molecule has 0 radical (unpaired) electrons. The standard InChI is InChI=1S/C19H17ClN2O2S/c1-23-14-10-8-13(9-11-14)12-16-17(20)21-19(25-2)22-18(16)24-15-6-4-3-5-7-15/h3-11H,12H2,1-2H3. The van der Waals surface area contributed by atoms with Gasteiger partial charge in [-0.3, -0.25) is 0 Å². The SMILES string of the molecule is COc1ccc(Cc2c(Cl)nc(SC)nc2Oc2ccccc2)cc1. The van der Waals surface area contributed by atoms with E-state index in [0.717, 1.165) is 16.9 Å². The Bertz CT molecular complexity index is 842. The number of ether oxygens (including phenoxy) is 2. The van der Waals surface area contributed by atoms with E-state index in [1.807, 2.05) is 60.9 Å². The lowest BCUT2D eigenvalue weighted by Gasteiger charge is -2.13. The molecule has 0 bridgehead atoms. The van der Waals surface area contributed by atoms with Crippen LogP contribution in [0, 0.1) is 0 Å². The lowest BCUT2D eigenvalue weighted by molar-refractivity contribution is 0.414. The third kappa shape index (κ3) is 4.44. The van der Waals surface area contributed by atoms with Crippen molar-refractivity contribution in [1.29, 1.82) is 0 Å². The maximum absolute atomic E-state index is 6.42.